The molecule has 16 heavy (non-hydrogen) atoms. The molecule has 1 aromatic rings. The Morgan fingerprint density at radius 1 is 1.50 bits per heavy atom. The average Bonchev–Trinajstić information content (AvgIpc) is 2.29. The number of nitrogens with one attached hydrogen (secondary N) is 1. The smallest absolute Gasteiger partial charge is 0.406 e. The standard InChI is InChI=1S/C11H15ClN2O2/c1-14-11(15)16-7-10(13)6-8-2-4-9(12)5-3-8/h2-5,10H,6-7,13H2,1H3,(H,14,15)/t10-/m0/s1. The van der Waals surface area contributed by atoms with Crippen LogP contribution in [0.2, 0.25) is 5.02 Å². The number of rotatable bonds is 4. The molecule has 5 heteroatoms. The van der Waals surface area contributed by atoms with Gasteiger partial charge in [0.15, 0.2) is 0 Å². The predicted molar refractivity (Wildman–Crippen MR) is 63.5 cm³/mol. The lowest BCUT2D eigenvalue weighted by Crippen LogP contribution is -2.32. The molecule has 0 spiro atoms. The molecule has 0 heterocycles. The van der Waals surface area contributed by atoms with Crippen LogP contribution < -0.4 is 11.1 Å². The molecular weight excluding hydrogens is 228 g/mol. The normalized spacial score (nSPS) is 11.9. The van der Waals surface area contributed by atoms with Crippen molar-refractivity contribution < 1.29 is 9.53 Å². The Morgan fingerprint density at radius 3 is 2.69 bits per heavy atom. The second kappa shape index (κ2) is 6.35. The van der Waals surface area contributed by atoms with Crippen molar-refractivity contribution in [3.8, 4) is 0 Å². The summed E-state index contributed by atoms with van der Waals surface area (Å²) in [5, 5.41) is 3.05. The van der Waals surface area contributed by atoms with E-state index in [0.29, 0.717) is 11.4 Å². The van der Waals surface area contributed by atoms with Crippen molar-refractivity contribution in [1.29, 1.82) is 0 Å². The van der Waals surface area contributed by atoms with Crippen molar-refractivity contribution in [3.63, 3.8) is 0 Å². The van der Waals surface area contributed by atoms with Gasteiger partial charge in [-0.1, -0.05) is 23.7 Å². The van der Waals surface area contributed by atoms with Crippen molar-refractivity contribution in [2.24, 2.45) is 5.73 Å². The number of benzene rings is 1. The third-order valence-electron chi connectivity index (χ3n) is 2.04. The third kappa shape index (κ3) is 4.51. The Hall–Kier alpha value is -1.26. The van der Waals surface area contributed by atoms with Gasteiger partial charge >= 0.3 is 6.09 Å². The summed E-state index contributed by atoms with van der Waals surface area (Å²) in [5.41, 5.74) is 6.88. The minimum Gasteiger partial charge on any atom is -0.448 e. The highest BCUT2D eigenvalue weighted by atomic mass is 35.5. The van der Waals surface area contributed by atoms with E-state index in [1.54, 1.807) is 0 Å². The first-order valence-corrected chi connectivity index (χ1v) is 5.34. The molecule has 0 saturated carbocycles. The maximum Gasteiger partial charge on any atom is 0.406 e. The SMILES string of the molecule is CNC(=O)OC[C@@H](N)Cc1ccc(Cl)cc1. The maximum absolute atomic E-state index is 10.8. The van der Waals surface area contributed by atoms with Gasteiger partial charge in [-0.3, -0.25) is 0 Å². The molecule has 0 aliphatic carbocycles. The van der Waals surface area contributed by atoms with Gasteiger partial charge < -0.3 is 15.8 Å². The number of carbonyl (C=O) groups excluding carboxylic acids is 1. The molecule has 0 unspecified atom stereocenters. The number of nitrogens with two attached hydrogens (primary N) is 1. The molecule has 0 aliphatic rings. The Bertz CT molecular complexity index is 340. The first-order chi connectivity index (χ1) is 7.61. The molecule has 0 fully saturated rings. The topological polar surface area (TPSA) is 64.3 Å². The number of hydrogen-bond acceptors (Lipinski definition) is 3. The van der Waals surface area contributed by atoms with E-state index in [1.807, 2.05) is 24.3 Å². The van der Waals surface area contributed by atoms with Gasteiger partial charge in [-0.05, 0) is 24.1 Å². The summed E-state index contributed by atoms with van der Waals surface area (Å²) >= 11 is 5.76. The van der Waals surface area contributed by atoms with Crippen LogP contribution in [0.4, 0.5) is 4.79 Å². The Balaban J connectivity index is 2.36. The van der Waals surface area contributed by atoms with E-state index >= 15 is 0 Å². The van der Waals surface area contributed by atoms with E-state index in [-0.39, 0.29) is 12.6 Å². The highest BCUT2D eigenvalue weighted by molar-refractivity contribution is 6.30. The summed E-state index contributed by atoms with van der Waals surface area (Å²) in [7, 11) is 1.51. The van der Waals surface area contributed by atoms with Gasteiger partial charge in [-0.2, -0.15) is 0 Å². The van der Waals surface area contributed by atoms with Crippen LogP contribution in [-0.2, 0) is 11.2 Å². The van der Waals surface area contributed by atoms with Crippen LogP contribution in [0, 0.1) is 0 Å². The predicted octanol–water partition coefficient (Wildman–Crippen LogP) is 1.57. The van der Waals surface area contributed by atoms with Gasteiger partial charge in [0.2, 0.25) is 0 Å². The van der Waals surface area contributed by atoms with E-state index in [1.165, 1.54) is 7.05 Å². The summed E-state index contributed by atoms with van der Waals surface area (Å²) in [6, 6.07) is 7.22. The molecule has 3 N–H and O–H groups in total. The van der Waals surface area contributed by atoms with Crippen LogP contribution in [0.25, 0.3) is 0 Å². The van der Waals surface area contributed by atoms with Crippen molar-refractivity contribution in [3.05, 3.63) is 34.9 Å². The lowest BCUT2D eigenvalue weighted by atomic mass is 10.1. The van der Waals surface area contributed by atoms with Gasteiger partial charge in [0.05, 0.1) is 0 Å². The molecular formula is C11H15ClN2O2. The van der Waals surface area contributed by atoms with E-state index < -0.39 is 6.09 Å². The lowest BCUT2D eigenvalue weighted by Gasteiger charge is -2.11. The summed E-state index contributed by atoms with van der Waals surface area (Å²) in [5.74, 6) is 0. The highest BCUT2D eigenvalue weighted by Crippen LogP contribution is 2.10. The van der Waals surface area contributed by atoms with E-state index in [4.69, 9.17) is 22.1 Å². The lowest BCUT2D eigenvalue weighted by molar-refractivity contribution is 0.141. The third-order valence-corrected chi connectivity index (χ3v) is 2.30. The molecule has 1 amide bonds. The Kier molecular flexibility index (Phi) is 5.08. The molecule has 1 aromatic carbocycles. The zero-order chi connectivity index (χ0) is 12.0. The molecule has 0 saturated heterocycles. The Labute approximate surface area is 99.7 Å². The first kappa shape index (κ1) is 12.8. The van der Waals surface area contributed by atoms with Crippen LogP contribution in [-0.4, -0.2) is 25.8 Å². The molecule has 0 aliphatic heterocycles. The number of halogens is 1. The van der Waals surface area contributed by atoms with Gasteiger partial charge in [0.25, 0.3) is 0 Å². The Morgan fingerprint density at radius 2 is 2.12 bits per heavy atom. The molecule has 0 aromatic heterocycles. The minimum absolute atomic E-state index is 0.197. The van der Waals surface area contributed by atoms with Crippen molar-refractivity contribution >= 4 is 17.7 Å². The van der Waals surface area contributed by atoms with Crippen LogP contribution >= 0.6 is 11.6 Å². The van der Waals surface area contributed by atoms with Crippen LogP contribution in [0.5, 0.6) is 0 Å². The zero-order valence-corrected chi connectivity index (χ0v) is 9.83. The molecule has 88 valence electrons. The second-order valence-electron chi connectivity index (χ2n) is 3.44. The number of carbonyl (C=O) groups is 1. The summed E-state index contributed by atoms with van der Waals surface area (Å²) in [4.78, 5) is 10.8. The summed E-state index contributed by atoms with van der Waals surface area (Å²) in [6.07, 6.45) is 0.181. The molecule has 1 rings (SSSR count). The van der Waals surface area contributed by atoms with Crippen LogP contribution in [0.3, 0.4) is 0 Å². The molecule has 4 nitrogen and oxygen atoms in total. The van der Waals surface area contributed by atoms with Crippen molar-refractivity contribution in [2.45, 2.75) is 12.5 Å². The average molecular weight is 243 g/mol. The van der Waals surface area contributed by atoms with Gasteiger partial charge in [0.1, 0.15) is 6.61 Å². The van der Waals surface area contributed by atoms with Gasteiger partial charge in [0, 0.05) is 18.1 Å². The van der Waals surface area contributed by atoms with Crippen molar-refractivity contribution in [2.75, 3.05) is 13.7 Å². The summed E-state index contributed by atoms with van der Waals surface area (Å²) in [6.45, 7) is 0.197. The number of amides is 1. The van der Waals surface area contributed by atoms with E-state index in [9.17, 15) is 4.79 Å². The quantitative estimate of drug-likeness (QED) is 0.842. The van der Waals surface area contributed by atoms with Gasteiger partial charge in [-0.15, -0.1) is 0 Å². The maximum atomic E-state index is 10.8. The van der Waals surface area contributed by atoms with Crippen LogP contribution in [0.15, 0.2) is 24.3 Å². The summed E-state index contributed by atoms with van der Waals surface area (Å²) < 4.78 is 4.85. The largest absolute Gasteiger partial charge is 0.448 e. The number of hydrogen-bond donors (Lipinski definition) is 2. The minimum atomic E-state index is -0.466. The monoisotopic (exact) mass is 242 g/mol. The second-order valence-corrected chi connectivity index (χ2v) is 3.88. The molecule has 0 radical (unpaired) electrons. The van der Waals surface area contributed by atoms with Crippen molar-refractivity contribution in [1.82, 2.24) is 5.32 Å². The fourth-order valence-electron chi connectivity index (χ4n) is 1.24. The number of alkyl carbamates (subject to hydrolysis) is 1. The fraction of sp³-hybridized carbons (Fsp3) is 0.364. The fourth-order valence-corrected chi connectivity index (χ4v) is 1.36. The molecule has 1 atom stereocenters. The first-order valence-electron chi connectivity index (χ1n) is 4.96. The van der Waals surface area contributed by atoms with Crippen LogP contribution in [0.1, 0.15) is 5.56 Å². The zero-order valence-electron chi connectivity index (χ0n) is 9.07. The molecule has 0 bridgehead atoms. The highest BCUT2D eigenvalue weighted by Gasteiger charge is 2.07. The van der Waals surface area contributed by atoms with E-state index in [0.717, 1.165) is 5.56 Å². The van der Waals surface area contributed by atoms with Gasteiger partial charge in [-0.25, -0.2) is 4.79 Å². The van der Waals surface area contributed by atoms with E-state index in [2.05, 4.69) is 5.32 Å². The number of ether oxygens (including phenoxy) is 1.